The number of oxazole rings is 1. The number of hydrogen-bond acceptors (Lipinski definition) is 4. The van der Waals surface area contributed by atoms with E-state index in [0.29, 0.717) is 30.7 Å². The number of aliphatic hydroxyl groups excluding tert-OH is 1. The molecular weight excluding hydrogens is 218 g/mol. The Morgan fingerprint density at radius 1 is 1.29 bits per heavy atom. The SMILES string of the molecule is Oc1ccccc1-c1nc2c(o1)CCC(O)C2. The van der Waals surface area contributed by atoms with Crippen LogP contribution in [0.4, 0.5) is 0 Å². The molecule has 0 amide bonds. The highest BCUT2D eigenvalue weighted by molar-refractivity contribution is 5.62. The Balaban J connectivity index is 2.03. The monoisotopic (exact) mass is 231 g/mol. The Hall–Kier alpha value is -1.81. The maximum absolute atomic E-state index is 9.73. The van der Waals surface area contributed by atoms with Crippen LogP contribution in [0.3, 0.4) is 0 Å². The minimum atomic E-state index is -0.329. The molecule has 0 spiro atoms. The zero-order valence-electron chi connectivity index (χ0n) is 9.26. The highest BCUT2D eigenvalue weighted by atomic mass is 16.4. The third-order valence-corrected chi connectivity index (χ3v) is 3.05. The van der Waals surface area contributed by atoms with Crippen LogP contribution in [0, 0.1) is 0 Å². The minimum absolute atomic E-state index is 0.159. The normalized spacial score (nSPS) is 19.0. The van der Waals surface area contributed by atoms with Gasteiger partial charge in [0, 0.05) is 12.8 Å². The van der Waals surface area contributed by atoms with E-state index in [4.69, 9.17) is 4.42 Å². The van der Waals surface area contributed by atoms with Crippen molar-refractivity contribution < 1.29 is 14.6 Å². The fourth-order valence-electron chi connectivity index (χ4n) is 2.13. The van der Waals surface area contributed by atoms with Gasteiger partial charge in [-0.05, 0) is 18.6 Å². The smallest absolute Gasteiger partial charge is 0.230 e. The molecule has 17 heavy (non-hydrogen) atoms. The molecule has 0 saturated carbocycles. The number of aromatic hydroxyl groups is 1. The number of phenols is 1. The van der Waals surface area contributed by atoms with Crippen molar-refractivity contribution in [1.82, 2.24) is 4.98 Å². The summed E-state index contributed by atoms with van der Waals surface area (Å²) < 4.78 is 5.64. The first kappa shape index (κ1) is 10.4. The average molecular weight is 231 g/mol. The summed E-state index contributed by atoms with van der Waals surface area (Å²) in [5.74, 6) is 1.42. The van der Waals surface area contributed by atoms with Gasteiger partial charge in [-0.3, -0.25) is 0 Å². The van der Waals surface area contributed by atoms with Crippen LogP contribution in [0.2, 0.25) is 0 Å². The Morgan fingerprint density at radius 3 is 2.94 bits per heavy atom. The number of aliphatic hydroxyl groups is 1. The number of hydrogen-bond donors (Lipinski definition) is 2. The molecule has 1 aromatic heterocycles. The second-order valence-corrected chi connectivity index (χ2v) is 4.30. The number of aromatic nitrogens is 1. The van der Waals surface area contributed by atoms with E-state index in [1.807, 2.05) is 6.07 Å². The Labute approximate surface area is 98.5 Å². The summed E-state index contributed by atoms with van der Waals surface area (Å²) in [6, 6.07) is 6.95. The first-order valence-electron chi connectivity index (χ1n) is 5.69. The summed E-state index contributed by atoms with van der Waals surface area (Å²) >= 11 is 0. The van der Waals surface area contributed by atoms with Gasteiger partial charge in [-0.25, -0.2) is 4.98 Å². The van der Waals surface area contributed by atoms with Gasteiger partial charge in [0.25, 0.3) is 0 Å². The first-order valence-corrected chi connectivity index (χ1v) is 5.69. The van der Waals surface area contributed by atoms with Crippen molar-refractivity contribution in [2.75, 3.05) is 0 Å². The maximum Gasteiger partial charge on any atom is 0.230 e. The van der Waals surface area contributed by atoms with Crippen LogP contribution < -0.4 is 0 Å². The van der Waals surface area contributed by atoms with Gasteiger partial charge in [0.1, 0.15) is 11.5 Å². The van der Waals surface area contributed by atoms with Gasteiger partial charge in [0.15, 0.2) is 0 Å². The van der Waals surface area contributed by atoms with E-state index >= 15 is 0 Å². The van der Waals surface area contributed by atoms with Gasteiger partial charge in [-0.2, -0.15) is 0 Å². The second kappa shape index (κ2) is 3.89. The summed E-state index contributed by atoms with van der Waals surface area (Å²) in [5, 5.41) is 19.3. The highest BCUT2D eigenvalue weighted by Gasteiger charge is 2.23. The molecule has 4 nitrogen and oxygen atoms in total. The van der Waals surface area contributed by atoms with Gasteiger partial charge < -0.3 is 14.6 Å². The Kier molecular flexibility index (Phi) is 2.37. The molecule has 1 heterocycles. The molecule has 0 radical (unpaired) electrons. The van der Waals surface area contributed by atoms with Gasteiger partial charge in [0.05, 0.1) is 17.4 Å². The molecule has 0 aliphatic heterocycles. The summed E-state index contributed by atoms with van der Waals surface area (Å²) in [6.45, 7) is 0. The lowest BCUT2D eigenvalue weighted by Crippen LogP contribution is -2.17. The van der Waals surface area contributed by atoms with Crippen LogP contribution in [-0.2, 0) is 12.8 Å². The van der Waals surface area contributed by atoms with Crippen molar-refractivity contribution >= 4 is 0 Å². The molecule has 0 fully saturated rings. The van der Waals surface area contributed by atoms with Gasteiger partial charge in [-0.15, -0.1) is 0 Å². The third-order valence-electron chi connectivity index (χ3n) is 3.05. The second-order valence-electron chi connectivity index (χ2n) is 4.30. The van der Waals surface area contributed by atoms with Crippen molar-refractivity contribution in [1.29, 1.82) is 0 Å². The molecule has 2 aromatic rings. The average Bonchev–Trinajstić information content (AvgIpc) is 2.72. The zero-order chi connectivity index (χ0) is 11.8. The molecule has 88 valence electrons. The van der Waals surface area contributed by atoms with E-state index in [0.717, 1.165) is 11.5 Å². The Bertz CT molecular complexity index is 547. The van der Waals surface area contributed by atoms with Crippen LogP contribution in [0.1, 0.15) is 17.9 Å². The number of aryl methyl sites for hydroxylation is 1. The van der Waals surface area contributed by atoms with Crippen LogP contribution >= 0.6 is 0 Å². The van der Waals surface area contributed by atoms with Gasteiger partial charge in [-0.1, -0.05) is 12.1 Å². The highest BCUT2D eigenvalue weighted by Crippen LogP contribution is 2.32. The Morgan fingerprint density at radius 2 is 2.12 bits per heavy atom. The molecule has 1 aliphatic carbocycles. The number of para-hydroxylation sites is 1. The van der Waals surface area contributed by atoms with Crippen LogP contribution in [0.25, 0.3) is 11.5 Å². The van der Waals surface area contributed by atoms with Crippen molar-refractivity contribution in [2.45, 2.75) is 25.4 Å². The van der Waals surface area contributed by atoms with E-state index in [1.165, 1.54) is 0 Å². The third kappa shape index (κ3) is 1.80. The fourth-order valence-corrected chi connectivity index (χ4v) is 2.13. The summed E-state index contributed by atoms with van der Waals surface area (Å²) in [5.41, 5.74) is 1.40. The van der Waals surface area contributed by atoms with Crippen molar-refractivity contribution in [3.63, 3.8) is 0 Å². The van der Waals surface area contributed by atoms with Crippen LogP contribution in [0.5, 0.6) is 5.75 Å². The zero-order valence-corrected chi connectivity index (χ0v) is 9.26. The number of nitrogens with zero attached hydrogens (tertiary/aromatic N) is 1. The number of rotatable bonds is 1. The molecule has 1 aromatic carbocycles. The molecule has 1 unspecified atom stereocenters. The van der Waals surface area contributed by atoms with Crippen molar-refractivity contribution in [3.05, 3.63) is 35.7 Å². The minimum Gasteiger partial charge on any atom is -0.507 e. The van der Waals surface area contributed by atoms with Gasteiger partial charge in [0.2, 0.25) is 5.89 Å². The van der Waals surface area contributed by atoms with Crippen molar-refractivity contribution in [3.8, 4) is 17.2 Å². The van der Waals surface area contributed by atoms with E-state index in [1.54, 1.807) is 18.2 Å². The predicted octanol–water partition coefficient (Wildman–Crippen LogP) is 1.90. The first-order chi connectivity index (χ1) is 8.24. The molecule has 1 atom stereocenters. The standard InChI is InChI=1S/C13H13NO3/c15-8-5-6-12-10(7-8)14-13(17-12)9-3-1-2-4-11(9)16/h1-4,8,15-16H,5-7H2. The molecule has 3 rings (SSSR count). The van der Waals surface area contributed by atoms with E-state index in [2.05, 4.69) is 4.98 Å². The van der Waals surface area contributed by atoms with Crippen LogP contribution in [0.15, 0.2) is 28.7 Å². The topological polar surface area (TPSA) is 66.5 Å². The van der Waals surface area contributed by atoms with Gasteiger partial charge >= 0.3 is 0 Å². The number of fused-ring (bicyclic) bond motifs is 1. The van der Waals surface area contributed by atoms with Crippen LogP contribution in [-0.4, -0.2) is 21.3 Å². The summed E-state index contributed by atoms with van der Waals surface area (Å²) in [6.07, 6.45) is 1.62. The molecule has 4 heteroatoms. The van der Waals surface area contributed by atoms with E-state index in [9.17, 15) is 10.2 Å². The lowest BCUT2D eigenvalue weighted by Gasteiger charge is -2.13. The predicted molar refractivity (Wildman–Crippen MR) is 61.6 cm³/mol. The summed E-state index contributed by atoms with van der Waals surface area (Å²) in [7, 11) is 0. The van der Waals surface area contributed by atoms with Crippen molar-refractivity contribution in [2.24, 2.45) is 0 Å². The number of phenolic OH excluding ortho intramolecular Hbond substituents is 1. The maximum atomic E-state index is 9.73. The lowest BCUT2D eigenvalue weighted by molar-refractivity contribution is 0.153. The summed E-state index contributed by atoms with van der Waals surface area (Å²) in [4.78, 5) is 4.35. The lowest BCUT2D eigenvalue weighted by atomic mass is 9.99. The van der Waals surface area contributed by atoms with E-state index in [-0.39, 0.29) is 11.9 Å². The molecule has 0 bridgehead atoms. The largest absolute Gasteiger partial charge is 0.507 e. The molecule has 2 N–H and O–H groups in total. The fraction of sp³-hybridized carbons (Fsp3) is 0.308. The quantitative estimate of drug-likeness (QED) is 0.786. The molecular formula is C13H13NO3. The molecule has 0 saturated heterocycles. The molecule has 1 aliphatic rings. The number of benzene rings is 1. The van der Waals surface area contributed by atoms with E-state index < -0.39 is 0 Å².